The quantitative estimate of drug-likeness (QED) is 0.426. The molecular weight excluding hydrogens is 414 g/mol. The lowest BCUT2D eigenvalue weighted by atomic mass is 10.0. The van der Waals surface area contributed by atoms with E-state index in [4.69, 9.17) is 0 Å². The van der Waals surface area contributed by atoms with Crippen LogP contribution in [0.1, 0.15) is 10.4 Å². The molecule has 0 fully saturated rings. The first-order chi connectivity index (χ1) is 16.0. The van der Waals surface area contributed by atoms with Crippen LogP contribution < -0.4 is 0 Å². The second-order valence-electron chi connectivity index (χ2n) is 7.97. The Hall–Kier alpha value is -4.46. The molecule has 0 spiro atoms. The van der Waals surface area contributed by atoms with Crippen LogP contribution in [0.5, 0.6) is 0 Å². The summed E-state index contributed by atoms with van der Waals surface area (Å²) < 4.78 is 2.00. The number of rotatable bonds is 4. The molecule has 0 saturated heterocycles. The molecule has 5 rings (SSSR count). The maximum absolute atomic E-state index is 12.1. The van der Waals surface area contributed by atoms with Gasteiger partial charge in [0.15, 0.2) is 0 Å². The van der Waals surface area contributed by atoms with Gasteiger partial charge in [-0.25, -0.2) is 15.0 Å². The van der Waals surface area contributed by atoms with Crippen molar-refractivity contribution in [3.8, 4) is 33.5 Å². The monoisotopic (exact) mass is 435 g/mol. The molecule has 0 saturated carbocycles. The Morgan fingerprint density at radius 1 is 0.818 bits per heavy atom. The Labute approximate surface area is 190 Å². The molecule has 8 heteroatoms. The highest BCUT2D eigenvalue weighted by Gasteiger charge is 2.13. The largest absolute Gasteiger partial charge is 0.345 e. The molecule has 0 aliphatic rings. The van der Waals surface area contributed by atoms with Crippen LogP contribution in [0.15, 0.2) is 74.0 Å². The average molecular weight is 435 g/mol. The van der Waals surface area contributed by atoms with E-state index in [0.717, 1.165) is 44.5 Å². The van der Waals surface area contributed by atoms with Crippen LogP contribution in [-0.2, 0) is 7.05 Å². The molecule has 0 radical (unpaired) electrons. The molecule has 0 aromatic carbocycles. The van der Waals surface area contributed by atoms with E-state index in [1.165, 1.54) is 11.2 Å². The summed E-state index contributed by atoms with van der Waals surface area (Å²) in [5.74, 6) is -0.0808. The molecule has 5 aromatic heterocycles. The topological polar surface area (TPSA) is 89.7 Å². The minimum atomic E-state index is -0.0808. The maximum atomic E-state index is 12.1. The highest BCUT2D eigenvalue weighted by Crippen LogP contribution is 2.32. The Balaban J connectivity index is 1.54. The van der Waals surface area contributed by atoms with E-state index in [-0.39, 0.29) is 5.91 Å². The molecule has 0 bridgehead atoms. The van der Waals surface area contributed by atoms with E-state index in [1.54, 1.807) is 44.9 Å². The summed E-state index contributed by atoms with van der Waals surface area (Å²) in [7, 11) is 5.41. The minimum Gasteiger partial charge on any atom is -0.345 e. The molecule has 5 aromatic rings. The summed E-state index contributed by atoms with van der Waals surface area (Å²) in [5, 5.41) is 1.01. The smallest absolute Gasteiger partial charge is 0.254 e. The van der Waals surface area contributed by atoms with Gasteiger partial charge in [0, 0.05) is 97.7 Å². The van der Waals surface area contributed by atoms with Gasteiger partial charge in [0.2, 0.25) is 0 Å². The first-order valence-electron chi connectivity index (χ1n) is 10.4. The molecule has 0 aliphatic heterocycles. The van der Waals surface area contributed by atoms with Crippen LogP contribution in [0.4, 0.5) is 0 Å². The zero-order valence-corrected chi connectivity index (χ0v) is 18.5. The Bertz CT molecular complexity index is 1460. The van der Waals surface area contributed by atoms with Gasteiger partial charge in [-0.3, -0.25) is 14.8 Å². The number of nitrogens with zero attached hydrogens (tertiary/aromatic N) is 7. The third-order valence-corrected chi connectivity index (χ3v) is 5.47. The number of carbonyl (C=O) groups is 1. The van der Waals surface area contributed by atoms with Gasteiger partial charge in [-0.1, -0.05) is 0 Å². The molecule has 162 valence electrons. The summed E-state index contributed by atoms with van der Waals surface area (Å²) in [6.07, 6.45) is 14.2. The lowest BCUT2D eigenvalue weighted by Gasteiger charge is -2.10. The number of aromatic nitrogens is 6. The standard InChI is InChI=1S/C25H21N7O/c1-31(2)25(33)16-4-5-23(29-12-16)19-6-17(8-26-9-19)18-7-21-22(20-10-27-15-28-11-20)14-32(3)24(21)30-13-18/h4-15H,1-3H3. The Morgan fingerprint density at radius 3 is 2.27 bits per heavy atom. The van der Waals surface area contributed by atoms with Gasteiger partial charge in [0.25, 0.3) is 5.91 Å². The number of hydrogen-bond acceptors (Lipinski definition) is 6. The van der Waals surface area contributed by atoms with Crippen molar-refractivity contribution in [3.63, 3.8) is 0 Å². The van der Waals surface area contributed by atoms with Crippen LogP contribution in [0.2, 0.25) is 0 Å². The fraction of sp³-hybridized carbons (Fsp3) is 0.120. The average Bonchev–Trinajstić information content (AvgIpc) is 3.20. The summed E-state index contributed by atoms with van der Waals surface area (Å²) in [6.45, 7) is 0. The van der Waals surface area contributed by atoms with Crippen LogP contribution in [0.3, 0.4) is 0 Å². The van der Waals surface area contributed by atoms with Gasteiger partial charge in [0.1, 0.15) is 12.0 Å². The van der Waals surface area contributed by atoms with Gasteiger partial charge in [-0.15, -0.1) is 0 Å². The fourth-order valence-electron chi connectivity index (χ4n) is 3.77. The molecule has 0 aliphatic carbocycles. The van der Waals surface area contributed by atoms with Crippen molar-refractivity contribution >= 4 is 16.9 Å². The van der Waals surface area contributed by atoms with Crippen LogP contribution in [0, 0.1) is 0 Å². The van der Waals surface area contributed by atoms with Crippen molar-refractivity contribution in [2.24, 2.45) is 7.05 Å². The highest BCUT2D eigenvalue weighted by atomic mass is 16.2. The summed E-state index contributed by atoms with van der Waals surface area (Å²) in [5.41, 5.74) is 6.86. The van der Waals surface area contributed by atoms with Crippen molar-refractivity contribution in [1.82, 2.24) is 34.4 Å². The van der Waals surface area contributed by atoms with Gasteiger partial charge in [-0.2, -0.15) is 0 Å². The number of fused-ring (bicyclic) bond motifs is 1. The number of amides is 1. The van der Waals surface area contributed by atoms with Crippen LogP contribution >= 0.6 is 0 Å². The Morgan fingerprint density at radius 2 is 1.55 bits per heavy atom. The first-order valence-corrected chi connectivity index (χ1v) is 10.4. The predicted molar refractivity (Wildman–Crippen MR) is 126 cm³/mol. The third kappa shape index (κ3) is 3.82. The van der Waals surface area contributed by atoms with E-state index in [2.05, 4.69) is 31.0 Å². The van der Waals surface area contributed by atoms with Crippen molar-refractivity contribution < 1.29 is 4.79 Å². The Kier molecular flexibility index (Phi) is 5.10. The molecule has 8 nitrogen and oxygen atoms in total. The number of carbonyl (C=O) groups excluding carboxylic acids is 1. The zero-order valence-electron chi connectivity index (χ0n) is 18.5. The van der Waals surface area contributed by atoms with Gasteiger partial charge in [0.05, 0.1) is 11.3 Å². The van der Waals surface area contributed by atoms with Gasteiger partial charge in [-0.05, 0) is 24.3 Å². The second kappa shape index (κ2) is 8.23. The van der Waals surface area contributed by atoms with Crippen molar-refractivity contribution in [1.29, 1.82) is 0 Å². The molecule has 0 atom stereocenters. The molecule has 1 amide bonds. The van der Waals surface area contributed by atoms with E-state index in [0.29, 0.717) is 5.56 Å². The number of hydrogen-bond donors (Lipinski definition) is 0. The second-order valence-corrected chi connectivity index (χ2v) is 7.97. The van der Waals surface area contributed by atoms with Crippen molar-refractivity contribution in [2.45, 2.75) is 0 Å². The van der Waals surface area contributed by atoms with Crippen LogP contribution in [0.25, 0.3) is 44.5 Å². The molecule has 0 N–H and O–H groups in total. The predicted octanol–water partition coefficient (Wildman–Crippen LogP) is 3.86. The lowest BCUT2D eigenvalue weighted by molar-refractivity contribution is 0.0827. The lowest BCUT2D eigenvalue weighted by Crippen LogP contribution is -2.21. The molecule has 5 heterocycles. The highest BCUT2D eigenvalue weighted by molar-refractivity contribution is 5.96. The number of pyridine rings is 3. The van der Waals surface area contributed by atoms with Crippen molar-refractivity contribution in [3.05, 3.63) is 79.5 Å². The zero-order chi connectivity index (χ0) is 22.9. The third-order valence-electron chi connectivity index (χ3n) is 5.47. The van der Waals surface area contributed by atoms with E-state index in [9.17, 15) is 4.79 Å². The summed E-state index contributed by atoms with van der Waals surface area (Å²) in [4.78, 5) is 35.5. The molecule has 33 heavy (non-hydrogen) atoms. The van der Waals surface area contributed by atoms with E-state index in [1.807, 2.05) is 42.3 Å². The minimum absolute atomic E-state index is 0.0808. The van der Waals surface area contributed by atoms with Crippen molar-refractivity contribution in [2.75, 3.05) is 14.1 Å². The maximum Gasteiger partial charge on any atom is 0.254 e. The first kappa shape index (κ1) is 20.4. The molecule has 0 unspecified atom stereocenters. The number of aryl methyl sites for hydroxylation is 1. The van der Waals surface area contributed by atoms with Gasteiger partial charge < -0.3 is 9.47 Å². The normalized spacial score (nSPS) is 11.0. The summed E-state index contributed by atoms with van der Waals surface area (Å²) >= 11 is 0. The van der Waals surface area contributed by atoms with E-state index < -0.39 is 0 Å². The van der Waals surface area contributed by atoms with Gasteiger partial charge >= 0.3 is 0 Å². The van der Waals surface area contributed by atoms with E-state index >= 15 is 0 Å². The summed E-state index contributed by atoms with van der Waals surface area (Å²) in [6, 6.07) is 7.75. The SMILES string of the molecule is CN(C)C(=O)c1ccc(-c2cncc(-c3cnc4c(c3)c(-c3cncnc3)cn4C)c2)nc1. The molecular formula is C25H21N7O. The fourth-order valence-corrected chi connectivity index (χ4v) is 3.77. The van der Waals surface area contributed by atoms with Crippen LogP contribution in [-0.4, -0.2) is 54.4 Å².